The molecule has 36 heavy (non-hydrogen) atoms. The zero-order valence-corrected chi connectivity index (χ0v) is 23.2. The summed E-state index contributed by atoms with van der Waals surface area (Å²) < 4.78 is 26.4. The van der Waals surface area contributed by atoms with Crippen LogP contribution in [0.25, 0.3) is 0 Å². The van der Waals surface area contributed by atoms with E-state index >= 15 is 0 Å². The summed E-state index contributed by atoms with van der Waals surface area (Å²) in [4.78, 5) is 28.5. The zero-order chi connectivity index (χ0) is 26.5. The van der Waals surface area contributed by atoms with Crippen LogP contribution in [0.1, 0.15) is 50.2 Å². The minimum absolute atomic E-state index is 0.0358. The van der Waals surface area contributed by atoms with E-state index in [1.54, 1.807) is 12.1 Å². The van der Waals surface area contributed by atoms with Gasteiger partial charge >= 0.3 is 0 Å². The lowest BCUT2D eigenvalue weighted by Gasteiger charge is -2.33. The fraction of sp³-hybridized carbons (Fsp3) is 0.462. The van der Waals surface area contributed by atoms with Crippen LogP contribution in [0.4, 0.5) is 5.69 Å². The van der Waals surface area contributed by atoms with Gasteiger partial charge in [0, 0.05) is 12.6 Å². The Morgan fingerprint density at radius 2 is 1.78 bits per heavy atom. The van der Waals surface area contributed by atoms with E-state index in [4.69, 9.17) is 23.2 Å². The summed E-state index contributed by atoms with van der Waals surface area (Å²) in [7, 11) is -3.89. The Balaban J connectivity index is 1.95. The highest BCUT2D eigenvalue weighted by atomic mass is 35.5. The maximum absolute atomic E-state index is 13.8. The molecule has 0 aliphatic heterocycles. The number of benzene rings is 2. The molecule has 0 spiro atoms. The van der Waals surface area contributed by atoms with E-state index in [-0.39, 0.29) is 34.2 Å². The summed E-state index contributed by atoms with van der Waals surface area (Å²) in [6.45, 7) is 3.44. The molecule has 1 saturated carbocycles. The molecular formula is C26H33Cl2N3O4S. The van der Waals surface area contributed by atoms with Crippen LogP contribution >= 0.6 is 23.2 Å². The van der Waals surface area contributed by atoms with E-state index in [1.807, 2.05) is 38.1 Å². The fourth-order valence-electron chi connectivity index (χ4n) is 4.57. The Kier molecular flexibility index (Phi) is 9.66. The third-order valence-electron chi connectivity index (χ3n) is 6.40. The Bertz CT molecular complexity index is 1200. The number of anilines is 1. The Morgan fingerprint density at radius 1 is 1.11 bits per heavy atom. The summed E-state index contributed by atoms with van der Waals surface area (Å²) in [5, 5.41) is 3.30. The zero-order valence-electron chi connectivity index (χ0n) is 20.8. The maximum atomic E-state index is 13.8. The van der Waals surface area contributed by atoms with Crippen molar-refractivity contribution in [3.05, 3.63) is 63.6 Å². The highest BCUT2D eigenvalue weighted by molar-refractivity contribution is 7.92. The number of sulfonamides is 1. The molecule has 0 heterocycles. The van der Waals surface area contributed by atoms with Gasteiger partial charge in [-0.05, 0) is 43.9 Å². The lowest BCUT2D eigenvalue weighted by atomic mass is 10.1. The predicted molar refractivity (Wildman–Crippen MR) is 145 cm³/mol. The van der Waals surface area contributed by atoms with Gasteiger partial charge in [-0.2, -0.15) is 0 Å². The number of aryl methyl sites for hydroxylation is 1. The molecule has 0 aromatic heterocycles. The molecule has 0 saturated heterocycles. The predicted octanol–water partition coefficient (Wildman–Crippen LogP) is 4.93. The van der Waals surface area contributed by atoms with E-state index in [1.165, 1.54) is 11.0 Å². The molecule has 1 aliphatic carbocycles. The number of carbonyl (C=O) groups excluding carboxylic acids is 2. The van der Waals surface area contributed by atoms with E-state index in [9.17, 15) is 18.0 Å². The lowest BCUT2D eigenvalue weighted by molar-refractivity contribution is -0.140. The molecule has 3 rings (SSSR count). The van der Waals surface area contributed by atoms with Crippen molar-refractivity contribution in [1.29, 1.82) is 0 Å². The van der Waals surface area contributed by atoms with E-state index in [2.05, 4.69) is 5.32 Å². The van der Waals surface area contributed by atoms with Gasteiger partial charge in [0.05, 0.1) is 22.0 Å². The topological polar surface area (TPSA) is 86.8 Å². The van der Waals surface area contributed by atoms with Gasteiger partial charge in [0.1, 0.15) is 12.6 Å². The number of nitrogens with one attached hydrogen (secondary N) is 1. The van der Waals surface area contributed by atoms with Crippen molar-refractivity contribution in [3.8, 4) is 0 Å². The average molecular weight is 555 g/mol. The van der Waals surface area contributed by atoms with Crippen molar-refractivity contribution < 1.29 is 18.0 Å². The van der Waals surface area contributed by atoms with Gasteiger partial charge in [-0.25, -0.2) is 8.42 Å². The summed E-state index contributed by atoms with van der Waals surface area (Å²) in [6.07, 6.45) is 5.36. The molecule has 196 valence electrons. The molecule has 0 unspecified atom stereocenters. The van der Waals surface area contributed by atoms with Crippen LogP contribution in [0, 0.1) is 6.92 Å². The van der Waals surface area contributed by atoms with Crippen molar-refractivity contribution in [2.75, 3.05) is 17.1 Å². The van der Waals surface area contributed by atoms with Crippen LogP contribution in [0.3, 0.4) is 0 Å². The van der Waals surface area contributed by atoms with Crippen LogP contribution in [0.5, 0.6) is 0 Å². The molecule has 0 radical (unpaired) electrons. The van der Waals surface area contributed by atoms with Gasteiger partial charge < -0.3 is 10.2 Å². The smallest absolute Gasteiger partial charge is 0.244 e. The first-order chi connectivity index (χ1) is 17.0. The quantitative estimate of drug-likeness (QED) is 0.451. The number of rotatable bonds is 10. The van der Waals surface area contributed by atoms with Crippen LogP contribution in [0.2, 0.25) is 10.0 Å². The SMILES string of the molecule is CC[C@H](C(=O)NC1CCCC1)N(Cc1cccc(C)c1)C(=O)CN(c1cccc(Cl)c1Cl)S(C)(=O)=O. The monoisotopic (exact) mass is 553 g/mol. The van der Waals surface area contributed by atoms with Crippen molar-refractivity contribution in [3.63, 3.8) is 0 Å². The molecule has 1 aliphatic rings. The first-order valence-electron chi connectivity index (χ1n) is 12.1. The molecule has 2 amide bonds. The number of hydrogen-bond donors (Lipinski definition) is 1. The van der Waals surface area contributed by atoms with Gasteiger partial charge in [-0.15, -0.1) is 0 Å². The molecule has 7 nitrogen and oxygen atoms in total. The standard InChI is InChI=1S/C26H33Cl2N3O4S/c1-4-22(26(33)29-20-11-5-6-12-20)30(16-19-10-7-9-18(2)15-19)24(32)17-31(36(3,34)35)23-14-8-13-21(27)25(23)28/h7-10,13-15,20,22H,4-6,11-12,16-17H2,1-3H3,(H,29,33)/t22-/m1/s1. The minimum atomic E-state index is -3.89. The number of amides is 2. The van der Waals surface area contributed by atoms with E-state index in [0.29, 0.717) is 6.42 Å². The molecule has 1 fully saturated rings. The number of nitrogens with zero attached hydrogens (tertiary/aromatic N) is 2. The minimum Gasteiger partial charge on any atom is -0.352 e. The second-order valence-corrected chi connectivity index (χ2v) is 12.0. The van der Waals surface area contributed by atoms with Crippen molar-refractivity contribution >= 4 is 50.7 Å². The van der Waals surface area contributed by atoms with Gasteiger partial charge in [0.25, 0.3) is 0 Å². The van der Waals surface area contributed by atoms with Crippen molar-refractivity contribution in [1.82, 2.24) is 10.2 Å². The Hall–Kier alpha value is -2.29. The lowest BCUT2D eigenvalue weighted by Crippen LogP contribution is -2.53. The summed E-state index contributed by atoms with van der Waals surface area (Å²) >= 11 is 12.4. The van der Waals surface area contributed by atoms with E-state index in [0.717, 1.165) is 47.4 Å². The number of carbonyl (C=O) groups is 2. The number of hydrogen-bond acceptors (Lipinski definition) is 4. The molecular weight excluding hydrogens is 521 g/mol. The second kappa shape index (κ2) is 12.3. The van der Waals surface area contributed by atoms with Gasteiger partial charge in [-0.1, -0.05) is 78.9 Å². The van der Waals surface area contributed by atoms with Crippen molar-refractivity contribution in [2.24, 2.45) is 0 Å². The molecule has 2 aromatic carbocycles. The largest absolute Gasteiger partial charge is 0.352 e. The Labute approximate surface area is 223 Å². The molecule has 1 atom stereocenters. The summed E-state index contributed by atoms with van der Waals surface area (Å²) in [6, 6.07) is 11.6. The van der Waals surface area contributed by atoms with Crippen LogP contribution in [0.15, 0.2) is 42.5 Å². The van der Waals surface area contributed by atoms with Crippen LogP contribution in [-0.4, -0.2) is 50.0 Å². The van der Waals surface area contributed by atoms with Crippen molar-refractivity contribution in [2.45, 2.75) is 64.6 Å². The summed E-state index contributed by atoms with van der Waals surface area (Å²) in [5.74, 6) is -0.733. The number of halogens is 2. The molecule has 0 bridgehead atoms. The highest BCUT2D eigenvalue weighted by Gasteiger charge is 2.33. The first-order valence-corrected chi connectivity index (χ1v) is 14.7. The van der Waals surface area contributed by atoms with E-state index < -0.39 is 28.5 Å². The average Bonchev–Trinajstić information content (AvgIpc) is 3.31. The van der Waals surface area contributed by atoms with Crippen LogP contribution < -0.4 is 9.62 Å². The van der Waals surface area contributed by atoms with Gasteiger partial charge in [-0.3, -0.25) is 13.9 Å². The first kappa shape index (κ1) is 28.3. The molecule has 10 heteroatoms. The second-order valence-electron chi connectivity index (χ2n) is 9.27. The summed E-state index contributed by atoms with van der Waals surface area (Å²) in [5.41, 5.74) is 1.98. The molecule has 2 aromatic rings. The van der Waals surface area contributed by atoms with Gasteiger partial charge in [0.15, 0.2) is 0 Å². The van der Waals surface area contributed by atoms with Crippen LogP contribution in [-0.2, 0) is 26.2 Å². The normalized spacial score (nSPS) is 14.9. The van der Waals surface area contributed by atoms with Gasteiger partial charge in [0.2, 0.25) is 21.8 Å². The maximum Gasteiger partial charge on any atom is 0.244 e. The third kappa shape index (κ3) is 7.14. The molecule has 1 N–H and O–H groups in total. The highest BCUT2D eigenvalue weighted by Crippen LogP contribution is 2.34. The Morgan fingerprint density at radius 3 is 2.39 bits per heavy atom. The third-order valence-corrected chi connectivity index (χ3v) is 8.34. The fourth-order valence-corrected chi connectivity index (χ4v) is 5.88.